The molecule has 1 aliphatic carbocycles. The Labute approximate surface area is 109 Å². The summed E-state index contributed by atoms with van der Waals surface area (Å²) in [5.74, 6) is 0.495. The predicted molar refractivity (Wildman–Crippen MR) is 65.8 cm³/mol. The second-order valence-corrected chi connectivity index (χ2v) is 5.75. The van der Waals surface area contributed by atoms with Gasteiger partial charge < -0.3 is 5.32 Å². The molecule has 1 heterocycles. The number of alkyl halides is 3. The summed E-state index contributed by atoms with van der Waals surface area (Å²) in [7, 11) is 0. The van der Waals surface area contributed by atoms with Crippen LogP contribution in [0.5, 0.6) is 0 Å². The fourth-order valence-corrected chi connectivity index (χ4v) is 2.93. The molecular formula is C12H17F3N2S. The molecule has 1 fully saturated rings. The van der Waals surface area contributed by atoms with Crippen LogP contribution >= 0.6 is 11.3 Å². The van der Waals surface area contributed by atoms with E-state index >= 15 is 0 Å². The number of aromatic nitrogens is 1. The van der Waals surface area contributed by atoms with E-state index in [0.29, 0.717) is 10.9 Å². The molecule has 0 aromatic carbocycles. The minimum Gasteiger partial charge on any atom is -0.312 e. The van der Waals surface area contributed by atoms with Crippen LogP contribution in [-0.2, 0) is 13.0 Å². The zero-order valence-electron chi connectivity index (χ0n) is 10.3. The molecule has 1 aromatic rings. The summed E-state index contributed by atoms with van der Waals surface area (Å²) in [5, 5.41) is 3.85. The van der Waals surface area contributed by atoms with Gasteiger partial charge in [0, 0.05) is 30.2 Å². The van der Waals surface area contributed by atoms with Crippen LogP contribution in [0.15, 0.2) is 0 Å². The van der Waals surface area contributed by atoms with Gasteiger partial charge in [-0.1, -0.05) is 6.92 Å². The Balaban J connectivity index is 2.02. The van der Waals surface area contributed by atoms with Crippen molar-refractivity contribution < 1.29 is 13.2 Å². The van der Waals surface area contributed by atoms with Crippen molar-refractivity contribution in [2.45, 2.75) is 51.2 Å². The van der Waals surface area contributed by atoms with Gasteiger partial charge in [-0.3, -0.25) is 0 Å². The Morgan fingerprint density at radius 2 is 2.11 bits per heavy atom. The Morgan fingerprint density at radius 3 is 2.67 bits per heavy atom. The zero-order valence-corrected chi connectivity index (χ0v) is 11.1. The molecule has 102 valence electrons. The number of hydrogen-bond acceptors (Lipinski definition) is 3. The molecular weight excluding hydrogens is 261 g/mol. The summed E-state index contributed by atoms with van der Waals surface area (Å²) >= 11 is 1.43. The van der Waals surface area contributed by atoms with E-state index in [1.54, 1.807) is 0 Å². The van der Waals surface area contributed by atoms with E-state index in [4.69, 9.17) is 0 Å². The summed E-state index contributed by atoms with van der Waals surface area (Å²) < 4.78 is 36.6. The number of rotatable bonds is 6. The maximum atomic E-state index is 12.2. The molecule has 0 amide bonds. The molecule has 0 atom stereocenters. The van der Waals surface area contributed by atoms with Crippen LogP contribution in [0.4, 0.5) is 13.2 Å². The maximum absolute atomic E-state index is 12.2. The summed E-state index contributed by atoms with van der Waals surface area (Å²) in [5.41, 5.74) is 1.04. The normalized spacial score (nSPS) is 16.2. The molecule has 0 saturated heterocycles. The Bertz CT molecular complexity index is 397. The van der Waals surface area contributed by atoms with Crippen molar-refractivity contribution in [1.29, 1.82) is 0 Å². The second kappa shape index (κ2) is 5.57. The van der Waals surface area contributed by atoms with Crippen LogP contribution in [0.3, 0.4) is 0 Å². The largest absolute Gasteiger partial charge is 0.389 e. The van der Waals surface area contributed by atoms with E-state index in [-0.39, 0.29) is 6.42 Å². The third-order valence-corrected chi connectivity index (χ3v) is 4.02. The smallest absolute Gasteiger partial charge is 0.312 e. The monoisotopic (exact) mass is 278 g/mol. The first-order valence-corrected chi connectivity index (χ1v) is 7.07. The van der Waals surface area contributed by atoms with E-state index in [1.165, 1.54) is 11.3 Å². The van der Waals surface area contributed by atoms with Crippen molar-refractivity contribution in [3.05, 3.63) is 15.6 Å². The molecule has 0 unspecified atom stereocenters. The van der Waals surface area contributed by atoms with E-state index in [2.05, 4.69) is 10.3 Å². The molecule has 1 aromatic heterocycles. The van der Waals surface area contributed by atoms with E-state index in [9.17, 15) is 13.2 Å². The molecule has 2 nitrogen and oxygen atoms in total. The summed E-state index contributed by atoms with van der Waals surface area (Å²) in [6.07, 6.45) is -2.60. The van der Waals surface area contributed by atoms with E-state index in [0.717, 1.165) is 36.5 Å². The lowest BCUT2D eigenvalue weighted by Gasteiger charge is -2.02. The highest BCUT2D eigenvalue weighted by atomic mass is 32.1. The molecule has 0 radical (unpaired) electrons. The van der Waals surface area contributed by atoms with Gasteiger partial charge in [-0.25, -0.2) is 4.98 Å². The molecule has 6 heteroatoms. The highest BCUT2D eigenvalue weighted by molar-refractivity contribution is 7.11. The Morgan fingerprint density at radius 1 is 1.39 bits per heavy atom. The number of thiazole rings is 1. The molecule has 1 aliphatic rings. The third kappa shape index (κ3) is 3.95. The van der Waals surface area contributed by atoms with E-state index < -0.39 is 12.6 Å². The van der Waals surface area contributed by atoms with Crippen molar-refractivity contribution in [3.8, 4) is 0 Å². The molecule has 0 aliphatic heterocycles. The van der Waals surface area contributed by atoms with Crippen LogP contribution in [0, 0.1) is 0 Å². The average Bonchev–Trinajstić information content (AvgIpc) is 3.05. The Hall–Kier alpha value is -0.620. The van der Waals surface area contributed by atoms with Crippen molar-refractivity contribution in [3.63, 3.8) is 0 Å². The molecule has 2 rings (SSSR count). The summed E-state index contributed by atoms with van der Waals surface area (Å²) in [6.45, 7) is 3.61. The number of nitrogens with zero attached hydrogens (tertiary/aromatic N) is 1. The molecule has 1 N–H and O–H groups in total. The van der Waals surface area contributed by atoms with Crippen LogP contribution in [-0.4, -0.2) is 17.7 Å². The topological polar surface area (TPSA) is 24.9 Å². The van der Waals surface area contributed by atoms with Crippen LogP contribution in [0.2, 0.25) is 0 Å². The van der Waals surface area contributed by atoms with Crippen LogP contribution < -0.4 is 5.32 Å². The van der Waals surface area contributed by atoms with E-state index in [1.807, 2.05) is 6.92 Å². The lowest BCUT2D eigenvalue weighted by atomic mass is 10.2. The summed E-state index contributed by atoms with van der Waals surface area (Å²) in [6, 6.07) is 0. The quantitative estimate of drug-likeness (QED) is 0.859. The maximum Gasteiger partial charge on any atom is 0.389 e. The van der Waals surface area contributed by atoms with Gasteiger partial charge in [0.1, 0.15) is 0 Å². The summed E-state index contributed by atoms with van der Waals surface area (Å²) in [4.78, 5) is 5.53. The fraction of sp³-hybridized carbons (Fsp3) is 0.750. The molecule has 0 spiro atoms. The van der Waals surface area contributed by atoms with Crippen molar-refractivity contribution >= 4 is 11.3 Å². The predicted octanol–water partition coefficient (Wildman–Crippen LogP) is 3.62. The average molecular weight is 278 g/mol. The third-order valence-electron chi connectivity index (χ3n) is 2.89. The van der Waals surface area contributed by atoms with Gasteiger partial charge in [0.05, 0.1) is 10.7 Å². The molecule has 0 bridgehead atoms. The number of halogens is 3. The van der Waals surface area contributed by atoms with Gasteiger partial charge in [-0.15, -0.1) is 11.3 Å². The number of aryl methyl sites for hydroxylation is 1. The van der Waals surface area contributed by atoms with Crippen molar-refractivity contribution in [1.82, 2.24) is 10.3 Å². The van der Waals surface area contributed by atoms with Crippen LogP contribution in [0.1, 0.15) is 47.7 Å². The van der Waals surface area contributed by atoms with Gasteiger partial charge in [0.2, 0.25) is 0 Å². The zero-order chi connectivity index (χ0) is 13.2. The first-order chi connectivity index (χ1) is 8.49. The minimum absolute atomic E-state index is 0.0139. The first kappa shape index (κ1) is 13.8. The molecule has 1 saturated carbocycles. The SMILES string of the molecule is CCNCc1sc(CCC(F)(F)F)nc1C1CC1. The second-order valence-electron chi connectivity index (χ2n) is 4.59. The van der Waals surface area contributed by atoms with Gasteiger partial charge in [-0.2, -0.15) is 13.2 Å². The van der Waals surface area contributed by atoms with Gasteiger partial charge >= 0.3 is 6.18 Å². The number of nitrogens with one attached hydrogen (secondary N) is 1. The van der Waals surface area contributed by atoms with Crippen LogP contribution in [0.25, 0.3) is 0 Å². The van der Waals surface area contributed by atoms with Crippen molar-refractivity contribution in [2.75, 3.05) is 6.54 Å². The fourth-order valence-electron chi connectivity index (χ4n) is 1.81. The number of hydrogen-bond donors (Lipinski definition) is 1. The van der Waals surface area contributed by atoms with Gasteiger partial charge in [0.25, 0.3) is 0 Å². The molecule has 18 heavy (non-hydrogen) atoms. The standard InChI is InChI=1S/C12H17F3N2S/c1-2-16-7-9-11(8-3-4-8)17-10(18-9)5-6-12(13,14)15/h8,16H,2-7H2,1H3. The van der Waals surface area contributed by atoms with Gasteiger partial charge in [-0.05, 0) is 19.4 Å². The minimum atomic E-state index is -4.09. The lowest BCUT2D eigenvalue weighted by molar-refractivity contribution is -0.134. The van der Waals surface area contributed by atoms with Gasteiger partial charge in [0.15, 0.2) is 0 Å². The van der Waals surface area contributed by atoms with Crippen molar-refractivity contribution in [2.24, 2.45) is 0 Å². The lowest BCUT2D eigenvalue weighted by Crippen LogP contribution is -2.11. The first-order valence-electron chi connectivity index (χ1n) is 6.25. The highest BCUT2D eigenvalue weighted by Gasteiger charge is 2.31. The Kier molecular flexibility index (Phi) is 4.27. The highest BCUT2D eigenvalue weighted by Crippen LogP contribution is 2.43.